The molecule has 0 aliphatic carbocycles. The van der Waals surface area contributed by atoms with Crippen molar-refractivity contribution >= 4 is 17.7 Å². The number of carbonyl (C=O) groups excluding carboxylic acids is 1. The van der Waals surface area contributed by atoms with E-state index in [1.54, 1.807) is 43.3 Å². The van der Waals surface area contributed by atoms with Gasteiger partial charge in [0.15, 0.2) is 11.5 Å². The molecule has 162 valence electrons. The molecule has 0 spiro atoms. The van der Waals surface area contributed by atoms with Crippen LogP contribution in [0.25, 0.3) is 6.08 Å². The lowest BCUT2D eigenvalue weighted by Crippen LogP contribution is -2.14. The Labute approximate surface area is 184 Å². The molecule has 0 heterocycles. The van der Waals surface area contributed by atoms with Crippen molar-refractivity contribution in [1.82, 2.24) is 0 Å². The lowest BCUT2D eigenvalue weighted by molar-refractivity contribution is -0.112. The van der Waals surface area contributed by atoms with Crippen molar-refractivity contribution in [3.8, 4) is 17.6 Å². The zero-order valence-corrected chi connectivity index (χ0v) is 17.3. The molecule has 1 N–H and O–H groups in total. The Bertz CT molecular complexity index is 1190. The van der Waals surface area contributed by atoms with Gasteiger partial charge in [0.1, 0.15) is 29.9 Å². The minimum absolute atomic E-state index is 0.0187. The van der Waals surface area contributed by atoms with Crippen LogP contribution in [-0.4, -0.2) is 12.5 Å². The Morgan fingerprint density at radius 3 is 2.56 bits per heavy atom. The van der Waals surface area contributed by atoms with Crippen LogP contribution in [-0.2, 0) is 11.4 Å². The Hall–Kier alpha value is -4.18. The molecule has 3 rings (SSSR count). The summed E-state index contributed by atoms with van der Waals surface area (Å²) in [5, 5.41) is 11.8. The van der Waals surface area contributed by atoms with Crippen molar-refractivity contribution in [3.05, 3.63) is 95.1 Å². The highest BCUT2D eigenvalue weighted by atomic mass is 19.1. The summed E-state index contributed by atoms with van der Waals surface area (Å²) >= 11 is 0. The van der Waals surface area contributed by atoms with Gasteiger partial charge in [-0.1, -0.05) is 30.3 Å². The Balaban J connectivity index is 1.79. The number of nitrogens with zero attached hydrogens (tertiary/aromatic N) is 1. The number of amides is 1. The molecule has 1 amide bonds. The molecule has 0 unspecified atom stereocenters. The summed E-state index contributed by atoms with van der Waals surface area (Å²) in [7, 11) is 0. The molecular weight excluding hydrogens is 414 g/mol. The number of ether oxygens (including phenoxy) is 2. The Morgan fingerprint density at radius 2 is 1.84 bits per heavy atom. The molecule has 0 aromatic heterocycles. The fourth-order valence-electron chi connectivity index (χ4n) is 2.86. The first-order valence-corrected chi connectivity index (χ1v) is 9.82. The molecule has 0 bridgehead atoms. The van der Waals surface area contributed by atoms with E-state index in [9.17, 15) is 18.8 Å². The van der Waals surface area contributed by atoms with Crippen LogP contribution in [0.1, 0.15) is 18.1 Å². The van der Waals surface area contributed by atoms with Crippen LogP contribution in [0.5, 0.6) is 11.5 Å². The zero-order valence-electron chi connectivity index (χ0n) is 17.3. The summed E-state index contributed by atoms with van der Waals surface area (Å²) in [6.45, 7) is 2.31. The minimum atomic E-state index is -0.734. The summed E-state index contributed by atoms with van der Waals surface area (Å²) in [4.78, 5) is 12.4. The van der Waals surface area contributed by atoms with Crippen molar-refractivity contribution in [1.29, 1.82) is 5.26 Å². The molecule has 0 saturated carbocycles. The van der Waals surface area contributed by atoms with E-state index in [-0.39, 0.29) is 23.7 Å². The summed E-state index contributed by atoms with van der Waals surface area (Å²) in [6.07, 6.45) is 1.37. The Morgan fingerprint density at radius 1 is 1.03 bits per heavy atom. The molecular formula is C25H20F2N2O3. The lowest BCUT2D eigenvalue weighted by Gasteiger charge is -2.13. The maximum absolute atomic E-state index is 13.8. The molecule has 0 radical (unpaired) electrons. The van der Waals surface area contributed by atoms with Crippen LogP contribution in [0.4, 0.5) is 14.5 Å². The third-order valence-electron chi connectivity index (χ3n) is 4.35. The van der Waals surface area contributed by atoms with E-state index in [1.807, 2.05) is 6.07 Å². The predicted octanol–water partition coefficient (Wildman–Crippen LogP) is 5.49. The molecule has 0 aliphatic rings. The average molecular weight is 434 g/mol. The summed E-state index contributed by atoms with van der Waals surface area (Å²) < 4.78 is 38.5. The first-order chi connectivity index (χ1) is 15.5. The Kier molecular flexibility index (Phi) is 7.55. The molecule has 3 aromatic carbocycles. The SMILES string of the molecule is CCOc1cc(/C=C(\C#N)C(=O)Nc2ccccc2F)ccc1OCc1cccc(F)c1. The van der Waals surface area contributed by atoms with Crippen molar-refractivity contribution in [3.63, 3.8) is 0 Å². The third kappa shape index (κ3) is 5.92. The monoisotopic (exact) mass is 434 g/mol. The van der Waals surface area contributed by atoms with E-state index >= 15 is 0 Å². The van der Waals surface area contributed by atoms with Gasteiger partial charge in [-0.2, -0.15) is 5.26 Å². The molecule has 5 nitrogen and oxygen atoms in total. The number of hydrogen-bond acceptors (Lipinski definition) is 4. The summed E-state index contributed by atoms with van der Waals surface area (Å²) in [6, 6.07) is 18.5. The van der Waals surface area contributed by atoms with E-state index < -0.39 is 11.7 Å². The van der Waals surface area contributed by atoms with E-state index in [2.05, 4.69) is 5.32 Å². The van der Waals surface area contributed by atoms with Gasteiger partial charge in [0.25, 0.3) is 5.91 Å². The van der Waals surface area contributed by atoms with Crippen molar-refractivity contribution in [2.75, 3.05) is 11.9 Å². The van der Waals surface area contributed by atoms with E-state index in [0.29, 0.717) is 29.2 Å². The standard InChI is InChI=1S/C25H20F2N2O3/c1-2-31-24-14-17(10-11-23(24)32-16-18-6-5-7-20(26)13-18)12-19(15-28)25(30)29-22-9-4-3-8-21(22)27/h3-14H,2,16H2,1H3,(H,29,30)/b19-12+. The predicted molar refractivity (Wildman–Crippen MR) is 117 cm³/mol. The maximum atomic E-state index is 13.8. The molecule has 7 heteroatoms. The number of rotatable bonds is 8. The summed E-state index contributed by atoms with van der Waals surface area (Å²) in [5.74, 6) is -0.847. The number of nitrogens with one attached hydrogen (secondary N) is 1. The number of para-hydroxylation sites is 1. The highest BCUT2D eigenvalue weighted by molar-refractivity contribution is 6.09. The molecule has 0 fully saturated rings. The van der Waals surface area contributed by atoms with Gasteiger partial charge in [0.2, 0.25) is 0 Å². The number of anilines is 1. The highest BCUT2D eigenvalue weighted by Crippen LogP contribution is 2.30. The third-order valence-corrected chi connectivity index (χ3v) is 4.35. The van der Waals surface area contributed by atoms with Crippen molar-refractivity contribution < 1.29 is 23.0 Å². The molecule has 0 saturated heterocycles. The van der Waals surface area contributed by atoms with Crippen molar-refractivity contribution in [2.24, 2.45) is 0 Å². The number of halogens is 2. The maximum Gasteiger partial charge on any atom is 0.266 e. The van der Waals surface area contributed by atoms with Crippen LogP contribution in [0.3, 0.4) is 0 Å². The fraction of sp³-hybridized carbons (Fsp3) is 0.120. The van der Waals surface area contributed by atoms with Crippen LogP contribution in [0.15, 0.2) is 72.3 Å². The second-order valence-electron chi connectivity index (χ2n) is 6.66. The summed E-state index contributed by atoms with van der Waals surface area (Å²) in [5.41, 5.74) is 0.957. The number of carbonyl (C=O) groups is 1. The number of hydrogen-bond donors (Lipinski definition) is 1. The molecule has 0 atom stereocenters. The van der Waals surface area contributed by atoms with Crippen LogP contribution in [0, 0.1) is 23.0 Å². The zero-order chi connectivity index (χ0) is 22.9. The molecule has 3 aromatic rings. The van der Waals surface area contributed by atoms with E-state index in [4.69, 9.17) is 9.47 Å². The highest BCUT2D eigenvalue weighted by Gasteiger charge is 2.13. The van der Waals surface area contributed by atoms with Crippen LogP contribution >= 0.6 is 0 Å². The lowest BCUT2D eigenvalue weighted by atomic mass is 10.1. The molecule has 32 heavy (non-hydrogen) atoms. The number of benzene rings is 3. The molecule has 0 aliphatic heterocycles. The van der Waals surface area contributed by atoms with Crippen LogP contribution < -0.4 is 14.8 Å². The number of nitriles is 1. The van der Waals surface area contributed by atoms with Gasteiger partial charge in [-0.3, -0.25) is 4.79 Å². The average Bonchev–Trinajstić information content (AvgIpc) is 2.78. The second-order valence-corrected chi connectivity index (χ2v) is 6.66. The van der Waals surface area contributed by atoms with E-state index in [0.717, 1.165) is 0 Å². The van der Waals surface area contributed by atoms with Gasteiger partial charge < -0.3 is 14.8 Å². The fourth-order valence-corrected chi connectivity index (χ4v) is 2.86. The van der Waals surface area contributed by atoms with Crippen LogP contribution in [0.2, 0.25) is 0 Å². The van der Waals surface area contributed by atoms with Gasteiger partial charge in [-0.05, 0) is 60.5 Å². The van der Waals surface area contributed by atoms with E-state index in [1.165, 1.54) is 36.4 Å². The smallest absolute Gasteiger partial charge is 0.266 e. The van der Waals surface area contributed by atoms with Gasteiger partial charge in [-0.15, -0.1) is 0 Å². The first kappa shape index (κ1) is 22.5. The van der Waals surface area contributed by atoms with Gasteiger partial charge in [0.05, 0.1) is 12.3 Å². The largest absolute Gasteiger partial charge is 0.490 e. The first-order valence-electron chi connectivity index (χ1n) is 9.82. The second kappa shape index (κ2) is 10.7. The topological polar surface area (TPSA) is 71.3 Å². The van der Waals surface area contributed by atoms with Gasteiger partial charge in [-0.25, -0.2) is 8.78 Å². The van der Waals surface area contributed by atoms with Gasteiger partial charge in [0, 0.05) is 0 Å². The van der Waals surface area contributed by atoms with Crippen molar-refractivity contribution in [2.45, 2.75) is 13.5 Å². The van der Waals surface area contributed by atoms with Gasteiger partial charge >= 0.3 is 0 Å². The normalized spacial score (nSPS) is 10.9. The minimum Gasteiger partial charge on any atom is -0.490 e. The quantitative estimate of drug-likeness (QED) is 0.376.